The second-order valence-electron chi connectivity index (χ2n) is 5.70. The Morgan fingerprint density at radius 1 is 0.966 bits per heavy atom. The molecule has 0 saturated carbocycles. The van der Waals surface area contributed by atoms with E-state index in [9.17, 15) is 4.79 Å². The fraction of sp³-hybridized carbons (Fsp3) is 0.333. The van der Waals surface area contributed by atoms with Crippen molar-refractivity contribution in [3.63, 3.8) is 0 Å². The Morgan fingerprint density at radius 2 is 1.66 bits per heavy atom. The molecule has 29 heavy (non-hydrogen) atoms. The van der Waals surface area contributed by atoms with E-state index in [2.05, 4.69) is 15.3 Å². The van der Waals surface area contributed by atoms with Crippen molar-refractivity contribution in [1.29, 1.82) is 0 Å². The van der Waals surface area contributed by atoms with Crippen molar-refractivity contribution >= 4 is 12.3 Å². The van der Waals surface area contributed by atoms with Crippen molar-refractivity contribution in [3.05, 3.63) is 48.0 Å². The van der Waals surface area contributed by atoms with Crippen LogP contribution in [-0.2, 0) is 4.74 Å². The van der Waals surface area contributed by atoms with E-state index in [1.807, 2.05) is 37.3 Å². The molecule has 0 atom stereocenters. The number of benzene rings is 2. The van der Waals surface area contributed by atoms with Crippen LogP contribution in [0.3, 0.4) is 0 Å². The smallest absolute Gasteiger partial charge is 0.427 e. The average Bonchev–Trinajstić information content (AvgIpc) is 2.75. The van der Waals surface area contributed by atoms with Crippen molar-refractivity contribution < 1.29 is 28.5 Å². The predicted molar refractivity (Wildman–Crippen MR) is 109 cm³/mol. The minimum absolute atomic E-state index is 0.465. The molecule has 0 unspecified atom stereocenters. The Morgan fingerprint density at radius 3 is 2.31 bits per heavy atom. The zero-order valence-corrected chi connectivity index (χ0v) is 16.8. The molecule has 0 aliphatic heterocycles. The lowest BCUT2D eigenvalue weighted by atomic mass is 10.2. The van der Waals surface area contributed by atoms with E-state index in [1.54, 1.807) is 19.2 Å². The number of para-hydroxylation sites is 2. The first kappa shape index (κ1) is 21.9. The Hall–Kier alpha value is -3.42. The van der Waals surface area contributed by atoms with Gasteiger partial charge in [-0.3, -0.25) is 0 Å². The zero-order valence-electron chi connectivity index (χ0n) is 16.8. The molecule has 2 aromatic carbocycles. The van der Waals surface area contributed by atoms with Gasteiger partial charge in [-0.15, -0.1) is 0 Å². The molecular weight excluding hydrogens is 376 g/mol. The van der Waals surface area contributed by atoms with E-state index in [1.165, 1.54) is 13.3 Å². The summed E-state index contributed by atoms with van der Waals surface area (Å²) in [5, 5.41) is 3.80. The standard InChI is InChI=1S/C21H26N2O6/c1-4-27-20-14-16(15-22-23-21(24)26-3)10-11-19(20)29-13-7-12-28-18-9-6-5-8-17(18)25-2/h5-6,8-11,14-15H,4,7,12-13H2,1-3H3,(H,23,24)/b22-15+. The summed E-state index contributed by atoms with van der Waals surface area (Å²) in [4.78, 5) is 11.0. The number of nitrogens with zero attached hydrogens (tertiary/aromatic N) is 1. The van der Waals surface area contributed by atoms with Crippen molar-refractivity contribution in [2.45, 2.75) is 13.3 Å². The minimum Gasteiger partial charge on any atom is -0.493 e. The van der Waals surface area contributed by atoms with E-state index in [-0.39, 0.29) is 0 Å². The quantitative estimate of drug-likeness (QED) is 0.351. The van der Waals surface area contributed by atoms with Gasteiger partial charge in [-0.1, -0.05) is 12.1 Å². The molecular formula is C21H26N2O6. The molecule has 0 saturated heterocycles. The number of nitrogens with one attached hydrogen (secondary N) is 1. The lowest BCUT2D eigenvalue weighted by molar-refractivity contribution is 0.171. The molecule has 0 radical (unpaired) electrons. The van der Waals surface area contributed by atoms with Gasteiger partial charge in [-0.05, 0) is 42.8 Å². The highest BCUT2D eigenvalue weighted by Crippen LogP contribution is 2.28. The van der Waals surface area contributed by atoms with Gasteiger partial charge >= 0.3 is 6.09 Å². The molecule has 2 aromatic rings. The first-order chi connectivity index (χ1) is 14.2. The van der Waals surface area contributed by atoms with E-state index in [0.29, 0.717) is 49.2 Å². The van der Waals surface area contributed by atoms with Crippen LogP contribution in [0.4, 0.5) is 4.79 Å². The minimum atomic E-state index is -0.637. The highest BCUT2D eigenvalue weighted by Gasteiger charge is 2.07. The second-order valence-corrected chi connectivity index (χ2v) is 5.70. The Balaban J connectivity index is 1.86. The lowest BCUT2D eigenvalue weighted by Crippen LogP contribution is -2.16. The highest BCUT2D eigenvalue weighted by molar-refractivity contribution is 5.82. The number of carbonyl (C=O) groups is 1. The van der Waals surface area contributed by atoms with E-state index in [4.69, 9.17) is 18.9 Å². The molecule has 8 heteroatoms. The summed E-state index contributed by atoms with van der Waals surface area (Å²) in [6, 6.07) is 12.9. The second kappa shape index (κ2) is 12.1. The Bertz CT molecular complexity index is 810. The largest absolute Gasteiger partial charge is 0.493 e. The summed E-state index contributed by atoms with van der Waals surface area (Å²) in [6.45, 7) is 3.35. The molecule has 0 spiro atoms. The number of ether oxygens (including phenoxy) is 5. The van der Waals surface area contributed by atoms with Crippen LogP contribution >= 0.6 is 0 Å². The van der Waals surface area contributed by atoms with E-state index >= 15 is 0 Å². The molecule has 0 fully saturated rings. The Labute approximate surface area is 170 Å². The molecule has 8 nitrogen and oxygen atoms in total. The van der Waals surface area contributed by atoms with Crippen molar-refractivity contribution in [2.24, 2.45) is 5.10 Å². The van der Waals surface area contributed by atoms with Gasteiger partial charge < -0.3 is 23.7 Å². The number of rotatable bonds is 11. The van der Waals surface area contributed by atoms with Crippen LogP contribution in [0.15, 0.2) is 47.6 Å². The topological polar surface area (TPSA) is 87.6 Å². The molecule has 2 rings (SSSR count). The molecule has 156 valence electrons. The summed E-state index contributed by atoms with van der Waals surface area (Å²) in [5.74, 6) is 2.63. The van der Waals surface area contributed by atoms with E-state index < -0.39 is 6.09 Å². The predicted octanol–water partition coefficient (Wildman–Crippen LogP) is 3.63. The van der Waals surface area contributed by atoms with Gasteiger partial charge in [0, 0.05) is 6.42 Å². The third kappa shape index (κ3) is 7.25. The van der Waals surface area contributed by atoms with Crippen LogP contribution in [0.2, 0.25) is 0 Å². The number of hydrogen-bond donors (Lipinski definition) is 1. The maximum Gasteiger partial charge on any atom is 0.427 e. The molecule has 0 aliphatic rings. The number of methoxy groups -OCH3 is 2. The maximum absolute atomic E-state index is 11.0. The van der Waals surface area contributed by atoms with E-state index in [0.717, 1.165) is 5.56 Å². The van der Waals surface area contributed by atoms with Crippen LogP contribution in [-0.4, -0.2) is 46.3 Å². The van der Waals surface area contributed by atoms with Crippen molar-refractivity contribution in [3.8, 4) is 23.0 Å². The molecule has 1 N–H and O–H groups in total. The molecule has 0 bridgehead atoms. The van der Waals surface area contributed by atoms with Gasteiger partial charge in [0.05, 0.1) is 40.3 Å². The maximum atomic E-state index is 11.0. The molecule has 0 aromatic heterocycles. The summed E-state index contributed by atoms with van der Waals surface area (Å²) < 4.78 is 26.9. The van der Waals surface area contributed by atoms with Crippen LogP contribution in [0.1, 0.15) is 18.9 Å². The highest BCUT2D eigenvalue weighted by atomic mass is 16.5. The van der Waals surface area contributed by atoms with Gasteiger partial charge in [-0.2, -0.15) is 5.10 Å². The van der Waals surface area contributed by atoms with Crippen molar-refractivity contribution in [2.75, 3.05) is 34.0 Å². The number of carbonyl (C=O) groups excluding carboxylic acids is 1. The summed E-state index contributed by atoms with van der Waals surface area (Å²) in [5.41, 5.74) is 2.98. The van der Waals surface area contributed by atoms with Crippen LogP contribution < -0.4 is 24.4 Å². The first-order valence-corrected chi connectivity index (χ1v) is 9.20. The van der Waals surface area contributed by atoms with Gasteiger partial charge in [0.2, 0.25) is 0 Å². The fourth-order valence-corrected chi connectivity index (χ4v) is 2.36. The summed E-state index contributed by atoms with van der Waals surface area (Å²) in [7, 11) is 2.88. The zero-order chi connectivity index (χ0) is 20.9. The molecule has 1 amide bonds. The van der Waals surface area contributed by atoms with Gasteiger partial charge in [0.15, 0.2) is 23.0 Å². The normalized spacial score (nSPS) is 10.4. The first-order valence-electron chi connectivity index (χ1n) is 9.20. The number of hydrogen-bond acceptors (Lipinski definition) is 7. The number of amides is 1. The lowest BCUT2D eigenvalue weighted by Gasteiger charge is -2.13. The fourth-order valence-electron chi connectivity index (χ4n) is 2.36. The third-order valence-corrected chi connectivity index (χ3v) is 3.70. The summed E-state index contributed by atoms with van der Waals surface area (Å²) >= 11 is 0. The van der Waals surface area contributed by atoms with Gasteiger partial charge in [0.25, 0.3) is 0 Å². The monoisotopic (exact) mass is 402 g/mol. The number of hydrazone groups is 1. The third-order valence-electron chi connectivity index (χ3n) is 3.70. The Kier molecular flexibility index (Phi) is 9.14. The van der Waals surface area contributed by atoms with Crippen LogP contribution in [0.5, 0.6) is 23.0 Å². The van der Waals surface area contributed by atoms with Gasteiger partial charge in [-0.25, -0.2) is 10.2 Å². The van der Waals surface area contributed by atoms with Crippen molar-refractivity contribution in [1.82, 2.24) is 5.43 Å². The summed E-state index contributed by atoms with van der Waals surface area (Å²) in [6.07, 6.45) is 1.54. The molecule has 0 heterocycles. The van der Waals surface area contributed by atoms with Crippen LogP contribution in [0, 0.1) is 0 Å². The van der Waals surface area contributed by atoms with Crippen LogP contribution in [0.25, 0.3) is 0 Å². The molecule has 0 aliphatic carbocycles. The SMILES string of the molecule is CCOc1cc(/C=N/NC(=O)OC)ccc1OCCCOc1ccccc1OC. The average molecular weight is 402 g/mol. The van der Waals surface area contributed by atoms with Gasteiger partial charge in [0.1, 0.15) is 0 Å².